The van der Waals surface area contributed by atoms with Gasteiger partial charge in [0.1, 0.15) is 0 Å². The van der Waals surface area contributed by atoms with Crippen molar-refractivity contribution < 1.29 is 59.5 Å². The smallest absolute Gasteiger partial charge is 0.333 e. The molecule has 0 radical (unpaired) electrons. The second-order valence-corrected chi connectivity index (χ2v) is 13.4. The normalized spacial score (nSPS) is 26.2. The van der Waals surface area contributed by atoms with Gasteiger partial charge in [-0.2, -0.15) is 0 Å². The summed E-state index contributed by atoms with van der Waals surface area (Å²) in [5.41, 5.74) is -0.914. The van der Waals surface area contributed by atoms with E-state index in [0.29, 0.717) is 33.5 Å². The van der Waals surface area contributed by atoms with Crippen LogP contribution in [0.15, 0.2) is 36.4 Å². The molecule has 0 aliphatic heterocycles. The van der Waals surface area contributed by atoms with Crippen molar-refractivity contribution in [2.45, 2.75) is 77.0 Å². The molecule has 0 spiro atoms. The van der Waals surface area contributed by atoms with Gasteiger partial charge in [0.2, 0.25) is 35.3 Å². The first-order valence-corrected chi connectivity index (χ1v) is 15.2. The summed E-state index contributed by atoms with van der Waals surface area (Å²) >= 11 is 0. The number of carbonyl (C=O) groups is 3. The van der Waals surface area contributed by atoms with E-state index in [1.165, 1.54) is 36.4 Å². The van der Waals surface area contributed by atoms with Gasteiger partial charge >= 0.3 is 17.9 Å². The minimum atomic E-state index is -0.634. The molecule has 4 bridgehead atoms. The lowest BCUT2D eigenvalue weighted by molar-refractivity contribution is -0.177. The topological polar surface area (TPSA) is 215 Å². The van der Waals surface area contributed by atoms with Gasteiger partial charge in [-0.25, -0.2) is 14.4 Å². The van der Waals surface area contributed by atoms with Crippen molar-refractivity contribution in [2.75, 3.05) is 0 Å². The molecule has 3 aromatic heterocycles. The predicted molar refractivity (Wildman–Crippen MR) is 154 cm³/mol. The Bertz CT molecular complexity index is 1400. The molecule has 0 unspecified atom stereocenters. The molecule has 3 heterocycles. The maximum absolute atomic E-state index is 12.8. The second-order valence-electron chi connectivity index (χ2n) is 13.4. The monoisotopic (exact) mass is 643 g/mol. The van der Waals surface area contributed by atoms with Crippen LogP contribution in [0.3, 0.4) is 0 Å². The Balaban J connectivity index is 1.18. The average molecular weight is 644 g/mol. The van der Waals surface area contributed by atoms with E-state index in [4.69, 9.17) is 14.5 Å². The summed E-state index contributed by atoms with van der Waals surface area (Å²) in [4.78, 5) is 54.1. The number of aromatic nitrogens is 3. The van der Waals surface area contributed by atoms with Crippen LogP contribution >= 0.6 is 0 Å². The Hall–Kier alpha value is -4.95. The molecule has 15 nitrogen and oxygen atoms in total. The van der Waals surface area contributed by atoms with Crippen LogP contribution in [0.4, 0.5) is 0 Å². The Labute approximate surface area is 262 Å². The third kappa shape index (κ3) is 6.00. The molecule has 0 atom stereocenters. The molecule has 0 amide bonds. The highest BCUT2D eigenvalue weighted by molar-refractivity contribution is 5.71. The fourth-order valence-electron chi connectivity index (χ4n) is 8.93. The quantitative estimate of drug-likeness (QED) is 0.168. The predicted octanol–water partition coefficient (Wildman–Crippen LogP) is 2.89. The van der Waals surface area contributed by atoms with E-state index >= 15 is 0 Å². The molecular formula is C31H37N3O12. The molecule has 0 saturated heterocycles. The van der Waals surface area contributed by atoms with Crippen LogP contribution in [0, 0.1) is 22.2 Å². The van der Waals surface area contributed by atoms with Gasteiger partial charge in [0.15, 0.2) is 0 Å². The number of hydrogen-bond donors (Lipinski definition) is 6. The van der Waals surface area contributed by atoms with Crippen LogP contribution in [0.1, 0.15) is 77.0 Å². The number of rotatable bonds is 12. The molecule has 0 aromatic carbocycles. The third-order valence-electron chi connectivity index (χ3n) is 9.97. The minimum absolute atomic E-state index is 0.0123. The zero-order chi connectivity index (χ0) is 32.9. The fourth-order valence-corrected chi connectivity index (χ4v) is 8.93. The zero-order valence-electron chi connectivity index (χ0n) is 25.0. The van der Waals surface area contributed by atoms with Gasteiger partial charge in [-0.15, -0.1) is 14.2 Å². The largest absolute Gasteiger partial charge is 0.492 e. The van der Waals surface area contributed by atoms with Crippen molar-refractivity contribution in [3.05, 3.63) is 36.4 Å². The van der Waals surface area contributed by atoms with E-state index in [2.05, 4.69) is 0 Å². The molecule has 15 heteroatoms. The van der Waals surface area contributed by atoms with Gasteiger partial charge < -0.3 is 45.2 Å². The lowest BCUT2D eigenvalue weighted by Gasteiger charge is -2.67. The summed E-state index contributed by atoms with van der Waals surface area (Å²) in [6.07, 6.45) is 6.17. The summed E-state index contributed by atoms with van der Waals surface area (Å²) in [6, 6.07) is 7.19. The highest BCUT2D eigenvalue weighted by Crippen LogP contribution is 2.73. The van der Waals surface area contributed by atoms with Crippen LogP contribution in [-0.2, 0) is 14.4 Å². The van der Waals surface area contributed by atoms with E-state index < -0.39 is 53.2 Å². The Morgan fingerprint density at radius 3 is 1.00 bits per heavy atom. The lowest BCUT2D eigenvalue weighted by atomic mass is 9.37. The van der Waals surface area contributed by atoms with E-state index in [9.17, 15) is 45.0 Å². The first-order chi connectivity index (χ1) is 21.8. The van der Waals surface area contributed by atoms with Gasteiger partial charge in [-0.3, -0.25) is 0 Å². The molecule has 3 aromatic rings. The molecule has 7 rings (SSSR count). The number of aromatic hydroxyl groups is 6. The molecule has 4 aliphatic carbocycles. The average Bonchev–Trinajstić information content (AvgIpc) is 3.61. The van der Waals surface area contributed by atoms with Crippen molar-refractivity contribution >= 4 is 17.9 Å². The van der Waals surface area contributed by atoms with E-state index in [-0.39, 0.29) is 41.4 Å². The van der Waals surface area contributed by atoms with Gasteiger partial charge in [0.05, 0.1) is 0 Å². The van der Waals surface area contributed by atoms with Crippen molar-refractivity contribution in [3.8, 4) is 35.3 Å². The lowest BCUT2D eigenvalue weighted by Crippen LogP contribution is -2.57. The first-order valence-electron chi connectivity index (χ1n) is 15.2. The molecule has 248 valence electrons. The first kappa shape index (κ1) is 31.0. The van der Waals surface area contributed by atoms with Gasteiger partial charge in [0.25, 0.3) is 0 Å². The molecule has 4 saturated carbocycles. The van der Waals surface area contributed by atoms with Crippen molar-refractivity contribution in [3.63, 3.8) is 0 Å². The fraction of sp³-hybridized carbons (Fsp3) is 0.516. The third-order valence-corrected chi connectivity index (χ3v) is 9.97. The summed E-state index contributed by atoms with van der Waals surface area (Å²) in [5, 5.41) is 59.2. The SMILES string of the molecule is O=C(CCC12CC3CC(CCC(=O)On4c(O)ccc4O)(C1)CC(CCC(=O)On1c(O)ccc1O)(C3)C2)On1c(O)ccc1O. The summed E-state index contributed by atoms with van der Waals surface area (Å²) in [5.74, 6) is -4.13. The minimum Gasteiger partial charge on any atom is -0.492 e. The molecule has 46 heavy (non-hydrogen) atoms. The van der Waals surface area contributed by atoms with Gasteiger partial charge in [-0.05, 0) is 80.0 Å². The Morgan fingerprint density at radius 1 is 0.522 bits per heavy atom. The maximum Gasteiger partial charge on any atom is 0.333 e. The molecular weight excluding hydrogens is 606 g/mol. The van der Waals surface area contributed by atoms with Crippen molar-refractivity contribution in [1.29, 1.82) is 0 Å². The number of nitrogens with zero attached hydrogens (tertiary/aromatic N) is 3. The standard InChI is InChI=1S/C31H37N3O12/c35-20-1-2-21(36)32(20)44-26(41)7-10-29-13-19-14-30(16-29,11-8-27(42)45-33-22(37)3-4-23(33)38)18-31(15-19,17-29)12-9-28(43)46-34-24(39)5-6-25(34)40/h1-6,19,35-40H,7-18H2. The molecule has 4 aliphatic rings. The highest BCUT2D eigenvalue weighted by atomic mass is 16.7. The van der Waals surface area contributed by atoms with Crippen LogP contribution in [0.25, 0.3) is 0 Å². The van der Waals surface area contributed by atoms with Gasteiger partial charge in [0, 0.05) is 55.7 Å². The molecule has 4 fully saturated rings. The second kappa shape index (κ2) is 11.4. The van der Waals surface area contributed by atoms with E-state index in [1.54, 1.807) is 0 Å². The van der Waals surface area contributed by atoms with Crippen LogP contribution < -0.4 is 14.5 Å². The van der Waals surface area contributed by atoms with Crippen LogP contribution in [0.5, 0.6) is 35.3 Å². The zero-order valence-corrected chi connectivity index (χ0v) is 25.0. The molecule has 6 N–H and O–H groups in total. The van der Waals surface area contributed by atoms with E-state index in [1.807, 2.05) is 0 Å². The van der Waals surface area contributed by atoms with Crippen molar-refractivity contribution in [2.24, 2.45) is 22.2 Å². The summed E-state index contributed by atoms with van der Waals surface area (Å²) in [6.45, 7) is 0. The summed E-state index contributed by atoms with van der Waals surface area (Å²) < 4.78 is 1.97. The van der Waals surface area contributed by atoms with E-state index in [0.717, 1.165) is 38.5 Å². The number of hydrogen-bond acceptors (Lipinski definition) is 12. The van der Waals surface area contributed by atoms with Crippen molar-refractivity contribution in [1.82, 2.24) is 14.2 Å². The van der Waals surface area contributed by atoms with Crippen LogP contribution in [0.2, 0.25) is 0 Å². The van der Waals surface area contributed by atoms with Crippen LogP contribution in [-0.4, -0.2) is 62.7 Å². The highest BCUT2D eigenvalue weighted by Gasteiger charge is 2.62. The van der Waals surface area contributed by atoms with Gasteiger partial charge in [-0.1, -0.05) is 0 Å². The Morgan fingerprint density at radius 2 is 0.761 bits per heavy atom. The Kier molecular flexibility index (Phi) is 7.73. The maximum atomic E-state index is 12.8. The summed E-state index contributed by atoms with van der Waals surface area (Å²) in [7, 11) is 0. The number of carbonyl (C=O) groups excluding carboxylic acids is 3.